The van der Waals surface area contributed by atoms with Crippen molar-refractivity contribution in [2.24, 2.45) is 5.92 Å². The Morgan fingerprint density at radius 3 is 3.14 bits per heavy atom. The van der Waals surface area contributed by atoms with Crippen LogP contribution < -0.4 is 5.32 Å². The highest BCUT2D eigenvalue weighted by Crippen LogP contribution is 2.31. The van der Waals surface area contributed by atoms with Crippen molar-refractivity contribution in [3.05, 3.63) is 12.1 Å². The summed E-state index contributed by atoms with van der Waals surface area (Å²) in [6.07, 6.45) is 1.22. The first-order chi connectivity index (χ1) is 6.83. The predicted octanol–water partition coefficient (Wildman–Crippen LogP) is 0.340. The summed E-state index contributed by atoms with van der Waals surface area (Å²) in [5.74, 6) is 1.58. The Kier molecular flexibility index (Phi) is 1.44. The average molecular weight is 190 g/mol. The van der Waals surface area contributed by atoms with Gasteiger partial charge in [0.25, 0.3) is 0 Å². The maximum Gasteiger partial charge on any atom is 0.200 e. The molecule has 1 saturated carbocycles. The van der Waals surface area contributed by atoms with Gasteiger partial charge in [0.2, 0.25) is 0 Å². The van der Waals surface area contributed by atoms with E-state index in [4.69, 9.17) is 0 Å². The molecule has 14 heavy (non-hydrogen) atoms. The highest BCUT2D eigenvalue weighted by Gasteiger charge is 2.32. The molecule has 0 bridgehead atoms. The van der Waals surface area contributed by atoms with Gasteiger partial charge < -0.3 is 5.32 Å². The first-order valence-electron chi connectivity index (χ1n) is 4.65. The second-order valence-corrected chi connectivity index (χ2v) is 3.71. The van der Waals surface area contributed by atoms with E-state index in [1.807, 2.05) is 12.1 Å². The molecule has 3 rings (SSSR count). The van der Waals surface area contributed by atoms with Crippen LogP contribution in [0.15, 0.2) is 12.1 Å². The number of tetrazole rings is 1. The minimum atomic E-state index is 0.566. The van der Waals surface area contributed by atoms with Gasteiger partial charge in [-0.2, -0.15) is 0 Å². The van der Waals surface area contributed by atoms with Crippen LogP contribution >= 0.6 is 0 Å². The molecule has 0 aromatic carbocycles. The second-order valence-electron chi connectivity index (χ2n) is 3.71. The van der Waals surface area contributed by atoms with Crippen LogP contribution in [-0.2, 0) is 0 Å². The van der Waals surface area contributed by atoms with Crippen molar-refractivity contribution in [2.75, 3.05) is 5.32 Å². The lowest BCUT2D eigenvalue weighted by Gasteiger charge is -2.02. The topological polar surface area (TPSA) is 68.0 Å². The summed E-state index contributed by atoms with van der Waals surface area (Å²) in [6.45, 7) is 2.22. The summed E-state index contributed by atoms with van der Waals surface area (Å²) < 4.78 is 1.43. The Morgan fingerprint density at radius 1 is 1.50 bits per heavy atom. The van der Waals surface area contributed by atoms with E-state index in [0.29, 0.717) is 11.7 Å². The number of nitrogens with zero attached hydrogens (tertiary/aromatic N) is 5. The second kappa shape index (κ2) is 2.63. The van der Waals surface area contributed by atoms with Gasteiger partial charge in [-0.3, -0.25) is 0 Å². The normalized spacial score (nSPS) is 25.2. The number of rotatable bonds is 2. The number of aromatic nitrogens is 5. The number of anilines is 1. The van der Waals surface area contributed by atoms with Crippen LogP contribution in [0.2, 0.25) is 0 Å². The summed E-state index contributed by atoms with van der Waals surface area (Å²) in [5, 5.41) is 18.6. The molecule has 2 aromatic heterocycles. The first kappa shape index (κ1) is 7.66. The molecule has 72 valence electrons. The molecule has 0 saturated heterocycles. The minimum Gasteiger partial charge on any atom is -0.366 e. The molecule has 0 amide bonds. The SMILES string of the molecule is CC1CC1Nc1ccc2nnnn2n1. The van der Waals surface area contributed by atoms with Gasteiger partial charge in [0.1, 0.15) is 5.82 Å². The Morgan fingerprint density at radius 2 is 2.36 bits per heavy atom. The molecule has 0 radical (unpaired) electrons. The molecule has 2 atom stereocenters. The highest BCUT2D eigenvalue weighted by molar-refractivity contribution is 5.43. The van der Waals surface area contributed by atoms with Crippen molar-refractivity contribution < 1.29 is 0 Å². The Balaban J connectivity index is 1.89. The molecule has 1 fully saturated rings. The zero-order valence-electron chi connectivity index (χ0n) is 7.75. The van der Waals surface area contributed by atoms with Gasteiger partial charge in [-0.15, -0.1) is 14.8 Å². The largest absolute Gasteiger partial charge is 0.366 e. The van der Waals surface area contributed by atoms with Gasteiger partial charge in [-0.05, 0) is 34.9 Å². The molecule has 6 heteroatoms. The van der Waals surface area contributed by atoms with Gasteiger partial charge in [-0.25, -0.2) is 0 Å². The first-order valence-corrected chi connectivity index (χ1v) is 4.65. The van der Waals surface area contributed by atoms with Crippen LogP contribution in [0.5, 0.6) is 0 Å². The van der Waals surface area contributed by atoms with Crippen LogP contribution in [0, 0.1) is 5.92 Å². The lowest BCUT2D eigenvalue weighted by molar-refractivity contribution is 0.732. The highest BCUT2D eigenvalue weighted by atomic mass is 15.6. The van der Waals surface area contributed by atoms with Crippen LogP contribution in [-0.4, -0.2) is 31.3 Å². The molecule has 2 unspecified atom stereocenters. The Bertz CT molecular complexity index is 464. The fourth-order valence-electron chi connectivity index (χ4n) is 1.44. The maximum absolute atomic E-state index is 4.22. The van der Waals surface area contributed by atoms with Gasteiger partial charge in [-0.1, -0.05) is 6.92 Å². The van der Waals surface area contributed by atoms with Crippen molar-refractivity contribution in [1.29, 1.82) is 0 Å². The molecule has 0 spiro atoms. The molecular weight excluding hydrogens is 180 g/mol. The third kappa shape index (κ3) is 1.19. The monoisotopic (exact) mass is 190 g/mol. The fourth-order valence-corrected chi connectivity index (χ4v) is 1.44. The lowest BCUT2D eigenvalue weighted by atomic mass is 10.4. The number of hydrogen-bond donors (Lipinski definition) is 1. The van der Waals surface area contributed by atoms with E-state index < -0.39 is 0 Å². The molecule has 1 aliphatic carbocycles. The molecule has 0 aliphatic heterocycles. The van der Waals surface area contributed by atoms with E-state index in [9.17, 15) is 0 Å². The molecule has 1 N–H and O–H groups in total. The zero-order valence-corrected chi connectivity index (χ0v) is 7.75. The van der Waals surface area contributed by atoms with E-state index in [2.05, 4.69) is 32.9 Å². The molecule has 6 nitrogen and oxygen atoms in total. The average Bonchev–Trinajstić information content (AvgIpc) is 2.70. The number of nitrogens with one attached hydrogen (secondary N) is 1. The van der Waals surface area contributed by atoms with E-state index in [-0.39, 0.29) is 0 Å². The van der Waals surface area contributed by atoms with Crippen molar-refractivity contribution in [3.63, 3.8) is 0 Å². The Labute approximate surface area is 80.3 Å². The van der Waals surface area contributed by atoms with Gasteiger partial charge in [0.15, 0.2) is 5.65 Å². The van der Waals surface area contributed by atoms with E-state index >= 15 is 0 Å². The standard InChI is InChI=1S/C8H10N6/c1-5-4-6(5)9-7-2-3-8-10-12-13-14(8)11-7/h2-3,5-6H,4H2,1H3,(H,9,11). The maximum atomic E-state index is 4.22. The van der Waals surface area contributed by atoms with Crippen LogP contribution in [0.1, 0.15) is 13.3 Å². The zero-order chi connectivity index (χ0) is 9.54. The van der Waals surface area contributed by atoms with Gasteiger partial charge in [0, 0.05) is 6.04 Å². The predicted molar refractivity (Wildman–Crippen MR) is 49.8 cm³/mol. The van der Waals surface area contributed by atoms with Crippen molar-refractivity contribution in [1.82, 2.24) is 25.3 Å². The van der Waals surface area contributed by atoms with Crippen LogP contribution in [0.4, 0.5) is 5.82 Å². The van der Waals surface area contributed by atoms with Gasteiger partial charge >= 0.3 is 0 Å². The Hall–Kier alpha value is -1.72. The van der Waals surface area contributed by atoms with Crippen molar-refractivity contribution in [2.45, 2.75) is 19.4 Å². The molecule has 2 heterocycles. The summed E-state index contributed by atoms with van der Waals surface area (Å²) in [4.78, 5) is 0. The third-order valence-corrected chi connectivity index (χ3v) is 2.51. The molecular formula is C8H10N6. The molecule has 1 aliphatic rings. The van der Waals surface area contributed by atoms with E-state index in [1.165, 1.54) is 11.1 Å². The summed E-state index contributed by atoms with van der Waals surface area (Å²) in [6, 6.07) is 4.32. The van der Waals surface area contributed by atoms with E-state index in [0.717, 1.165) is 11.7 Å². The van der Waals surface area contributed by atoms with Crippen molar-refractivity contribution >= 4 is 11.5 Å². The number of fused-ring (bicyclic) bond motifs is 1. The summed E-state index contributed by atoms with van der Waals surface area (Å²) in [7, 11) is 0. The quantitative estimate of drug-likeness (QED) is 0.739. The van der Waals surface area contributed by atoms with Crippen LogP contribution in [0.25, 0.3) is 5.65 Å². The molecule has 2 aromatic rings. The summed E-state index contributed by atoms with van der Waals surface area (Å²) in [5.41, 5.74) is 0.666. The van der Waals surface area contributed by atoms with Crippen LogP contribution in [0.3, 0.4) is 0 Å². The fraction of sp³-hybridized carbons (Fsp3) is 0.500. The summed E-state index contributed by atoms with van der Waals surface area (Å²) >= 11 is 0. The smallest absolute Gasteiger partial charge is 0.200 e. The number of hydrogen-bond acceptors (Lipinski definition) is 5. The van der Waals surface area contributed by atoms with Crippen molar-refractivity contribution in [3.8, 4) is 0 Å². The van der Waals surface area contributed by atoms with Gasteiger partial charge in [0.05, 0.1) is 0 Å². The minimum absolute atomic E-state index is 0.566. The lowest BCUT2D eigenvalue weighted by Crippen LogP contribution is -2.07. The third-order valence-electron chi connectivity index (χ3n) is 2.51. The van der Waals surface area contributed by atoms with E-state index in [1.54, 1.807) is 0 Å².